The van der Waals surface area contributed by atoms with E-state index in [9.17, 15) is 14.4 Å². The molecule has 0 saturated carbocycles. The van der Waals surface area contributed by atoms with Crippen LogP contribution >= 0.6 is 11.6 Å². The molecule has 0 aliphatic rings. The van der Waals surface area contributed by atoms with Crippen LogP contribution in [0.4, 0.5) is 4.79 Å². The van der Waals surface area contributed by atoms with Gasteiger partial charge in [0.1, 0.15) is 18.0 Å². The number of amides is 2. The van der Waals surface area contributed by atoms with Crippen molar-refractivity contribution < 1.29 is 28.6 Å². The van der Waals surface area contributed by atoms with Gasteiger partial charge in [-0.1, -0.05) is 18.0 Å². The summed E-state index contributed by atoms with van der Waals surface area (Å²) in [4.78, 5) is 34.5. The number of ether oxygens (including phenoxy) is 3. The number of esters is 1. The van der Waals surface area contributed by atoms with Crippen LogP contribution in [-0.2, 0) is 25.5 Å². The van der Waals surface area contributed by atoms with Crippen molar-refractivity contribution in [1.82, 2.24) is 5.32 Å². The highest BCUT2D eigenvalue weighted by Crippen LogP contribution is 2.23. The number of rotatable bonds is 13. The van der Waals surface area contributed by atoms with Crippen molar-refractivity contribution in [2.24, 2.45) is 5.73 Å². The number of hydrogen-bond donors (Lipinski definition) is 2. The average Bonchev–Trinajstić information content (AvgIpc) is 2.67. The summed E-state index contributed by atoms with van der Waals surface area (Å²) in [6.07, 6.45) is 3.61. The van der Waals surface area contributed by atoms with Gasteiger partial charge in [-0.25, -0.2) is 4.79 Å². The zero-order valence-corrected chi connectivity index (χ0v) is 20.1. The van der Waals surface area contributed by atoms with E-state index in [1.807, 2.05) is 12.1 Å². The van der Waals surface area contributed by atoms with Crippen LogP contribution in [0, 0.1) is 0 Å². The fraction of sp³-hybridized carbons (Fsp3) is 0.609. The summed E-state index contributed by atoms with van der Waals surface area (Å²) >= 11 is 6.23. The Morgan fingerprint density at radius 3 is 2.44 bits per heavy atom. The maximum atomic E-state index is 12.1. The van der Waals surface area contributed by atoms with Crippen LogP contribution in [0.1, 0.15) is 64.9 Å². The van der Waals surface area contributed by atoms with E-state index in [1.54, 1.807) is 26.8 Å². The first-order valence-corrected chi connectivity index (χ1v) is 11.1. The highest BCUT2D eigenvalue weighted by molar-refractivity contribution is 6.30. The molecule has 9 heteroatoms. The molecule has 0 unspecified atom stereocenters. The van der Waals surface area contributed by atoms with Gasteiger partial charge in [-0.3, -0.25) is 9.59 Å². The van der Waals surface area contributed by atoms with Gasteiger partial charge in [0.05, 0.1) is 13.2 Å². The molecule has 1 atom stereocenters. The normalized spacial score (nSPS) is 12.0. The Bertz CT molecular complexity index is 763. The molecule has 0 aliphatic heterocycles. The third-order valence-electron chi connectivity index (χ3n) is 4.42. The van der Waals surface area contributed by atoms with E-state index in [1.165, 1.54) is 7.11 Å². The summed E-state index contributed by atoms with van der Waals surface area (Å²) < 4.78 is 15.8. The van der Waals surface area contributed by atoms with E-state index in [0.29, 0.717) is 23.6 Å². The van der Waals surface area contributed by atoms with E-state index in [4.69, 9.17) is 26.8 Å². The molecule has 8 nitrogen and oxygen atoms in total. The van der Waals surface area contributed by atoms with Crippen LogP contribution in [0.15, 0.2) is 18.2 Å². The fourth-order valence-electron chi connectivity index (χ4n) is 2.91. The Kier molecular flexibility index (Phi) is 11.9. The number of methoxy groups -OCH3 is 1. The summed E-state index contributed by atoms with van der Waals surface area (Å²) in [6, 6.07) is 5.00. The van der Waals surface area contributed by atoms with Crippen LogP contribution in [0.3, 0.4) is 0 Å². The zero-order chi connectivity index (χ0) is 24.1. The van der Waals surface area contributed by atoms with Gasteiger partial charge in [0.2, 0.25) is 5.91 Å². The molecule has 180 valence electrons. The lowest BCUT2D eigenvalue weighted by molar-refractivity contribution is -0.140. The van der Waals surface area contributed by atoms with Crippen LogP contribution in [0.2, 0.25) is 5.02 Å². The number of alkyl carbamates (subject to hydrolysis) is 1. The highest BCUT2D eigenvalue weighted by Gasteiger charge is 2.20. The summed E-state index contributed by atoms with van der Waals surface area (Å²) in [5, 5.41) is 3.27. The van der Waals surface area contributed by atoms with E-state index >= 15 is 0 Å². The van der Waals surface area contributed by atoms with Crippen molar-refractivity contribution in [2.45, 2.75) is 77.4 Å². The van der Waals surface area contributed by atoms with Crippen LogP contribution < -0.4 is 15.8 Å². The van der Waals surface area contributed by atoms with E-state index in [2.05, 4.69) is 10.1 Å². The number of carbonyl (C=O) groups excluding carboxylic acids is 3. The first-order chi connectivity index (χ1) is 15.0. The van der Waals surface area contributed by atoms with Crippen molar-refractivity contribution in [3.8, 4) is 5.75 Å². The lowest BCUT2D eigenvalue weighted by Crippen LogP contribution is -2.42. The van der Waals surface area contributed by atoms with Gasteiger partial charge < -0.3 is 25.3 Å². The molecule has 0 aromatic heterocycles. The van der Waals surface area contributed by atoms with Crippen molar-refractivity contribution in [1.29, 1.82) is 0 Å². The molecule has 0 aliphatic carbocycles. The van der Waals surface area contributed by atoms with Crippen LogP contribution in [0.25, 0.3) is 0 Å². The molecule has 0 heterocycles. The van der Waals surface area contributed by atoms with Gasteiger partial charge in [-0.2, -0.15) is 0 Å². The standard InChI is InChI=1S/C23H35ClN2O6/c1-23(2,3)32-22(29)26-18(10-11-20(25)27)15-31-19-13-16(12-17(24)14-19)8-6-5-7-9-21(28)30-4/h12-14,18H,5-11,15H2,1-4H3,(H2,25,27)(H,26,29)/t18-/m0/s1. The summed E-state index contributed by atoms with van der Waals surface area (Å²) in [7, 11) is 1.39. The number of halogens is 1. The third kappa shape index (κ3) is 13.0. The number of nitrogens with two attached hydrogens (primary N) is 1. The van der Waals surface area contributed by atoms with Crippen LogP contribution in [0.5, 0.6) is 5.75 Å². The largest absolute Gasteiger partial charge is 0.491 e. The van der Waals surface area contributed by atoms with E-state index in [0.717, 1.165) is 31.2 Å². The van der Waals surface area contributed by atoms with Crippen LogP contribution in [-0.4, -0.2) is 43.3 Å². The maximum absolute atomic E-state index is 12.1. The molecule has 3 N–H and O–H groups in total. The Morgan fingerprint density at radius 2 is 1.81 bits per heavy atom. The Hall–Kier alpha value is -2.48. The second kappa shape index (κ2) is 13.8. The second-order valence-electron chi connectivity index (χ2n) is 8.59. The number of nitrogens with one attached hydrogen (secondary N) is 1. The molecular weight excluding hydrogens is 436 g/mol. The molecule has 0 radical (unpaired) electrons. The van der Waals surface area contributed by atoms with Gasteiger partial charge in [0.15, 0.2) is 0 Å². The quantitative estimate of drug-likeness (QED) is 0.330. The number of benzene rings is 1. The molecule has 1 aromatic carbocycles. The summed E-state index contributed by atoms with van der Waals surface area (Å²) in [5.74, 6) is -0.0929. The van der Waals surface area contributed by atoms with Crippen molar-refractivity contribution in [3.05, 3.63) is 28.8 Å². The van der Waals surface area contributed by atoms with E-state index < -0.39 is 23.6 Å². The average molecular weight is 471 g/mol. The number of primary amides is 1. The Labute approximate surface area is 195 Å². The molecule has 1 aromatic rings. The molecule has 2 amide bonds. The first-order valence-electron chi connectivity index (χ1n) is 10.8. The van der Waals surface area contributed by atoms with Crippen molar-refractivity contribution in [3.63, 3.8) is 0 Å². The maximum Gasteiger partial charge on any atom is 0.407 e. The van der Waals surface area contributed by atoms with Gasteiger partial charge in [0, 0.05) is 17.9 Å². The monoisotopic (exact) mass is 470 g/mol. The highest BCUT2D eigenvalue weighted by atomic mass is 35.5. The second-order valence-corrected chi connectivity index (χ2v) is 9.03. The minimum Gasteiger partial charge on any atom is -0.491 e. The minimum atomic E-state index is -0.641. The molecule has 0 spiro atoms. The van der Waals surface area contributed by atoms with Gasteiger partial charge in [-0.15, -0.1) is 0 Å². The number of hydrogen-bond acceptors (Lipinski definition) is 6. The Balaban J connectivity index is 2.64. The first kappa shape index (κ1) is 27.6. The molecule has 0 bridgehead atoms. The lowest BCUT2D eigenvalue weighted by Gasteiger charge is -2.23. The fourth-order valence-corrected chi connectivity index (χ4v) is 3.16. The van der Waals surface area contributed by atoms with Gasteiger partial charge >= 0.3 is 12.1 Å². The Morgan fingerprint density at radius 1 is 1.09 bits per heavy atom. The smallest absolute Gasteiger partial charge is 0.407 e. The predicted molar refractivity (Wildman–Crippen MR) is 123 cm³/mol. The van der Waals surface area contributed by atoms with E-state index in [-0.39, 0.29) is 19.0 Å². The van der Waals surface area contributed by atoms with Gasteiger partial charge in [-0.05, 0) is 70.2 Å². The predicted octanol–water partition coefficient (Wildman–Crippen LogP) is 4.15. The van der Waals surface area contributed by atoms with Gasteiger partial charge in [0.25, 0.3) is 0 Å². The minimum absolute atomic E-state index is 0.107. The topological polar surface area (TPSA) is 117 Å². The molecule has 0 saturated heterocycles. The number of unbranched alkanes of at least 4 members (excludes halogenated alkanes) is 2. The zero-order valence-electron chi connectivity index (χ0n) is 19.4. The summed E-state index contributed by atoms with van der Waals surface area (Å²) in [6.45, 7) is 5.44. The SMILES string of the molecule is COC(=O)CCCCCc1cc(Cl)cc(OC[C@H](CCC(N)=O)NC(=O)OC(C)(C)C)c1. The molecule has 32 heavy (non-hydrogen) atoms. The van der Waals surface area contributed by atoms with Crippen molar-refractivity contribution in [2.75, 3.05) is 13.7 Å². The molecule has 1 rings (SSSR count). The van der Waals surface area contributed by atoms with Crippen molar-refractivity contribution >= 4 is 29.6 Å². The molecular formula is C23H35ClN2O6. The third-order valence-corrected chi connectivity index (χ3v) is 4.63. The number of carbonyl (C=O) groups is 3. The molecule has 0 fully saturated rings. The summed E-state index contributed by atoms with van der Waals surface area (Å²) in [5.41, 5.74) is 5.62. The lowest BCUT2D eigenvalue weighted by atomic mass is 10.1. The number of aryl methyl sites for hydroxylation is 1.